The molecule has 1 N–H and O–H groups in total. The van der Waals surface area contributed by atoms with Crippen LogP contribution in [0.1, 0.15) is 27.0 Å². The van der Waals surface area contributed by atoms with Crippen LogP contribution < -0.4 is 10.2 Å². The fourth-order valence-electron chi connectivity index (χ4n) is 2.70. The molecule has 0 aliphatic rings. The molecule has 166 valence electrons. The highest BCUT2D eigenvalue weighted by atomic mass is 35.5. The van der Waals surface area contributed by atoms with E-state index in [4.69, 9.17) is 33.2 Å². The molecule has 0 radical (unpaired) electrons. The van der Waals surface area contributed by atoms with Crippen molar-refractivity contribution in [1.82, 2.24) is 5.43 Å². The molecule has 11 heteroatoms. The zero-order valence-electron chi connectivity index (χ0n) is 16.6. The topological polar surface area (TPSA) is 118 Å². The second-order valence-corrected chi connectivity index (χ2v) is 7.35. The van der Waals surface area contributed by atoms with Gasteiger partial charge in [0.1, 0.15) is 12.4 Å². The number of nitriles is 1. The summed E-state index contributed by atoms with van der Waals surface area (Å²) in [6, 6.07) is 14.1. The molecule has 1 amide bonds. The lowest BCUT2D eigenvalue weighted by atomic mass is 10.1. The van der Waals surface area contributed by atoms with Crippen molar-refractivity contribution in [3.63, 3.8) is 0 Å². The van der Waals surface area contributed by atoms with Gasteiger partial charge < -0.3 is 4.74 Å². The molecule has 3 aromatic carbocycles. The number of ether oxygens (including phenoxy) is 1. The van der Waals surface area contributed by atoms with Crippen molar-refractivity contribution in [3.8, 4) is 11.8 Å². The third-order valence-corrected chi connectivity index (χ3v) is 4.81. The molecular formula is C22H13Cl2FN4O4. The summed E-state index contributed by atoms with van der Waals surface area (Å²) in [6.07, 6.45) is 1.25. The number of hydrogen-bond acceptors (Lipinski definition) is 6. The van der Waals surface area contributed by atoms with Crippen LogP contribution in [0.2, 0.25) is 10.0 Å². The zero-order chi connectivity index (χ0) is 24.0. The Morgan fingerprint density at radius 3 is 2.58 bits per heavy atom. The Balaban J connectivity index is 1.66. The molecule has 8 nitrogen and oxygen atoms in total. The summed E-state index contributed by atoms with van der Waals surface area (Å²) in [6.45, 7) is 0.000763. The van der Waals surface area contributed by atoms with Gasteiger partial charge in [0, 0.05) is 12.1 Å². The van der Waals surface area contributed by atoms with Crippen LogP contribution in [-0.4, -0.2) is 17.0 Å². The highest BCUT2D eigenvalue weighted by molar-refractivity contribution is 6.37. The number of hydrogen-bond donors (Lipinski definition) is 1. The number of nitro groups is 1. The van der Waals surface area contributed by atoms with Crippen LogP contribution in [0.5, 0.6) is 5.75 Å². The van der Waals surface area contributed by atoms with E-state index in [0.717, 1.165) is 6.07 Å². The van der Waals surface area contributed by atoms with Crippen LogP contribution in [0.4, 0.5) is 10.1 Å². The van der Waals surface area contributed by atoms with Crippen LogP contribution >= 0.6 is 23.2 Å². The highest BCUT2D eigenvalue weighted by Crippen LogP contribution is 2.34. The van der Waals surface area contributed by atoms with Crippen molar-refractivity contribution in [2.24, 2.45) is 5.10 Å². The number of hydrazone groups is 1. The largest absolute Gasteiger partial charge is 0.486 e. The Labute approximate surface area is 197 Å². The van der Waals surface area contributed by atoms with E-state index in [1.54, 1.807) is 12.1 Å². The summed E-state index contributed by atoms with van der Waals surface area (Å²) in [5.41, 5.74) is 2.90. The number of amides is 1. The van der Waals surface area contributed by atoms with Gasteiger partial charge in [-0.25, -0.2) is 9.82 Å². The molecule has 0 aliphatic carbocycles. The molecule has 3 rings (SSSR count). The number of nitro benzene ring substituents is 1. The second kappa shape index (κ2) is 10.5. The predicted molar refractivity (Wildman–Crippen MR) is 120 cm³/mol. The van der Waals surface area contributed by atoms with Gasteiger partial charge >= 0.3 is 0 Å². The minimum atomic E-state index is -0.849. The van der Waals surface area contributed by atoms with Crippen LogP contribution in [-0.2, 0) is 6.61 Å². The van der Waals surface area contributed by atoms with E-state index in [0.29, 0.717) is 11.1 Å². The van der Waals surface area contributed by atoms with Crippen LogP contribution in [0.15, 0.2) is 59.7 Å². The standard InChI is InChI=1S/C22H13Cl2FN4O4/c23-18-7-15(11-27-28-22(30)17-5-4-13(10-26)9-20(17)25)8-19(24)21(18)33-12-14-2-1-3-16(6-14)29(31)32/h1-9,11H,12H2,(H,28,30)/b27-11-. The van der Waals surface area contributed by atoms with Crippen molar-refractivity contribution in [3.05, 3.63) is 103 Å². The summed E-state index contributed by atoms with van der Waals surface area (Å²) in [5, 5.41) is 23.7. The normalized spacial score (nSPS) is 10.6. The maximum absolute atomic E-state index is 13.9. The molecule has 0 atom stereocenters. The first-order valence-corrected chi connectivity index (χ1v) is 9.92. The first-order valence-electron chi connectivity index (χ1n) is 9.16. The first kappa shape index (κ1) is 23.7. The lowest BCUT2D eigenvalue weighted by Gasteiger charge is -2.11. The summed E-state index contributed by atoms with van der Waals surface area (Å²) >= 11 is 12.5. The Morgan fingerprint density at radius 1 is 1.21 bits per heavy atom. The number of halogens is 3. The number of nitrogens with one attached hydrogen (secondary N) is 1. The molecule has 0 saturated heterocycles. The number of rotatable bonds is 7. The van der Waals surface area contributed by atoms with Gasteiger partial charge in [0.15, 0.2) is 5.75 Å². The molecule has 0 heterocycles. The number of carbonyl (C=O) groups is 1. The number of benzene rings is 3. The van der Waals surface area contributed by atoms with Gasteiger partial charge in [-0.1, -0.05) is 35.3 Å². The molecule has 3 aromatic rings. The average molecular weight is 487 g/mol. The zero-order valence-corrected chi connectivity index (χ0v) is 18.1. The van der Waals surface area contributed by atoms with E-state index in [9.17, 15) is 19.3 Å². The first-order chi connectivity index (χ1) is 15.8. The minimum absolute atomic E-state index is 0.000763. The Hall–Kier alpha value is -4.00. The second-order valence-electron chi connectivity index (χ2n) is 6.53. The van der Waals surface area contributed by atoms with E-state index >= 15 is 0 Å². The Kier molecular flexibility index (Phi) is 7.56. The van der Waals surface area contributed by atoms with E-state index in [1.165, 1.54) is 48.7 Å². The van der Waals surface area contributed by atoms with Gasteiger partial charge in [-0.2, -0.15) is 10.4 Å². The third kappa shape index (κ3) is 6.04. The van der Waals surface area contributed by atoms with Gasteiger partial charge in [-0.3, -0.25) is 14.9 Å². The molecule has 33 heavy (non-hydrogen) atoms. The average Bonchev–Trinajstić information content (AvgIpc) is 2.78. The maximum atomic E-state index is 13.9. The van der Waals surface area contributed by atoms with Crippen molar-refractivity contribution in [1.29, 1.82) is 5.26 Å². The fourth-order valence-corrected chi connectivity index (χ4v) is 3.31. The van der Waals surface area contributed by atoms with Crippen LogP contribution in [0.25, 0.3) is 0 Å². The summed E-state index contributed by atoms with van der Waals surface area (Å²) in [4.78, 5) is 22.4. The number of carbonyl (C=O) groups excluding carboxylic acids is 1. The van der Waals surface area contributed by atoms with E-state index in [1.807, 2.05) is 0 Å². The lowest BCUT2D eigenvalue weighted by Crippen LogP contribution is -2.19. The van der Waals surface area contributed by atoms with Gasteiger partial charge in [-0.05, 0) is 41.5 Å². The van der Waals surface area contributed by atoms with Crippen molar-refractivity contribution in [2.75, 3.05) is 0 Å². The van der Waals surface area contributed by atoms with E-state index in [2.05, 4.69) is 10.5 Å². The Morgan fingerprint density at radius 2 is 1.94 bits per heavy atom. The summed E-state index contributed by atoms with van der Waals surface area (Å²) in [5.74, 6) is -1.48. The third-order valence-electron chi connectivity index (χ3n) is 4.25. The van der Waals surface area contributed by atoms with E-state index < -0.39 is 16.6 Å². The molecule has 0 bridgehead atoms. The minimum Gasteiger partial charge on any atom is -0.486 e. The monoisotopic (exact) mass is 486 g/mol. The molecule has 0 saturated carbocycles. The lowest BCUT2D eigenvalue weighted by molar-refractivity contribution is -0.384. The van der Waals surface area contributed by atoms with Crippen molar-refractivity contribution >= 4 is 41.0 Å². The Bertz CT molecular complexity index is 1280. The number of nitrogens with zero attached hydrogens (tertiary/aromatic N) is 3. The van der Waals surface area contributed by atoms with Gasteiger partial charge in [0.2, 0.25) is 0 Å². The fraction of sp³-hybridized carbons (Fsp3) is 0.0455. The van der Waals surface area contributed by atoms with Crippen molar-refractivity contribution in [2.45, 2.75) is 6.61 Å². The molecule has 0 spiro atoms. The van der Waals surface area contributed by atoms with Gasteiger partial charge in [0.05, 0.1) is 38.4 Å². The summed E-state index contributed by atoms with van der Waals surface area (Å²) in [7, 11) is 0. The molecule has 0 unspecified atom stereocenters. The van der Waals surface area contributed by atoms with Gasteiger partial charge in [-0.15, -0.1) is 0 Å². The van der Waals surface area contributed by atoms with Crippen LogP contribution in [0.3, 0.4) is 0 Å². The van der Waals surface area contributed by atoms with Gasteiger partial charge in [0.25, 0.3) is 11.6 Å². The molecule has 0 aliphatic heterocycles. The number of non-ortho nitro benzene ring substituents is 1. The van der Waals surface area contributed by atoms with Crippen molar-refractivity contribution < 1.29 is 18.8 Å². The smallest absolute Gasteiger partial charge is 0.274 e. The maximum Gasteiger partial charge on any atom is 0.274 e. The summed E-state index contributed by atoms with van der Waals surface area (Å²) < 4.78 is 19.5. The highest BCUT2D eigenvalue weighted by Gasteiger charge is 2.13. The molecule has 0 fully saturated rings. The predicted octanol–water partition coefficient (Wildman–Crippen LogP) is 5.26. The molecular weight excluding hydrogens is 474 g/mol. The SMILES string of the molecule is N#Cc1ccc(C(=O)N/N=C\c2cc(Cl)c(OCc3cccc([N+](=O)[O-])c3)c(Cl)c2)c(F)c1. The van der Waals surface area contributed by atoms with Crippen LogP contribution in [0, 0.1) is 27.3 Å². The van der Waals surface area contributed by atoms with E-state index in [-0.39, 0.29) is 39.2 Å². The quantitative estimate of drug-likeness (QED) is 0.277. The molecule has 0 aromatic heterocycles.